The number of ether oxygens (including phenoxy) is 1. The maximum Gasteiger partial charge on any atom is 0.309 e. The highest BCUT2D eigenvalue weighted by molar-refractivity contribution is 7.89. The van der Waals surface area contributed by atoms with Crippen LogP contribution in [0.25, 0.3) is 0 Å². The molecule has 7 heteroatoms. The van der Waals surface area contributed by atoms with Gasteiger partial charge in [0.25, 0.3) is 0 Å². The fraction of sp³-hybridized carbons (Fsp3) is 0.909. The summed E-state index contributed by atoms with van der Waals surface area (Å²) in [6.07, 6.45) is 1.20. The van der Waals surface area contributed by atoms with Crippen LogP contribution in [0.3, 0.4) is 0 Å². The lowest BCUT2D eigenvalue weighted by Gasteiger charge is -2.35. The summed E-state index contributed by atoms with van der Waals surface area (Å²) in [6.45, 7) is 2.67. The molecule has 1 aliphatic rings. The molecular formula is C11H21NO5S. The molecule has 1 saturated heterocycles. The van der Waals surface area contributed by atoms with Gasteiger partial charge in [0.05, 0.1) is 11.2 Å². The van der Waals surface area contributed by atoms with Crippen molar-refractivity contribution in [1.29, 1.82) is 0 Å². The molecule has 6 nitrogen and oxygen atoms in total. The van der Waals surface area contributed by atoms with Gasteiger partial charge < -0.3 is 9.84 Å². The SMILES string of the molecule is COCCCS(=O)(=O)N1CCC(C)(C(=O)O)CC1. The molecule has 0 amide bonds. The Kier molecular flexibility index (Phi) is 5.12. The second kappa shape index (κ2) is 5.99. The van der Waals surface area contributed by atoms with Gasteiger partial charge in [-0.3, -0.25) is 4.79 Å². The molecule has 0 aromatic carbocycles. The van der Waals surface area contributed by atoms with E-state index >= 15 is 0 Å². The zero-order valence-corrected chi connectivity index (χ0v) is 11.7. The maximum absolute atomic E-state index is 12.0. The summed E-state index contributed by atoms with van der Waals surface area (Å²) < 4.78 is 30.2. The number of rotatable bonds is 6. The monoisotopic (exact) mass is 279 g/mol. The van der Waals surface area contributed by atoms with Crippen LogP contribution in [-0.2, 0) is 19.6 Å². The molecule has 106 valence electrons. The van der Waals surface area contributed by atoms with Gasteiger partial charge >= 0.3 is 5.97 Å². The number of methoxy groups -OCH3 is 1. The van der Waals surface area contributed by atoms with E-state index in [1.54, 1.807) is 6.92 Å². The summed E-state index contributed by atoms with van der Waals surface area (Å²) >= 11 is 0. The second-order valence-electron chi connectivity index (χ2n) is 4.93. The number of carboxylic acid groups (broad SMARTS) is 1. The van der Waals surface area contributed by atoms with E-state index < -0.39 is 21.4 Å². The van der Waals surface area contributed by atoms with Crippen LogP contribution in [0.2, 0.25) is 0 Å². The molecule has 0 aromatic heterocycles. The zero-order valence-electron chi connectivity index (χ0n) is 10.9. The lowest BCUT2D eigenvalue weighted by Crippen LogP contribution is -2.45. The van der Waals surface area contributed by atoms with E-state index in [0.29, 0.717) is 25.9 Å². The van der Waals surface area contributed by atoms with Crippen LogP contribution in [0.15, 0.2) is 0 Å². The van der Waals surface area contributed by atoms with E-state index in [1.807, 2.05) is 0 Å². The number of hydrogen-bond acceptors (Lipinski definition) is 4. The number of sulfonamides is 1. The van der Waals surface area contributed by atoms with Crippen molar-refractivity contribution in [1.82, 2.24) is 4.31 Å². The Morgan fingerprint density at radius 2 is 1.94 bits per heavy atom. The highest BCUT2D eigenvalue weighted by Gasteiger charge is 2.39. The van der Waals surface area contributed by atoms with Gasteiger partial charge in [-0.25, -0.2) is 12.7 Å². The van der Waals surface area contributed by atoms with E-state index in [0.717, 1.165) is 0 Å². The predicted molar refractivity (Wildman–Crippen MR) is 66.8 cm³/mol. The van der Waals surface area contributed by atoms with Crippen LogP contribution in [0.4, 0.5) is 0 Å². The highest BCUT2D eigenvalue weighted by atomic mass is 32.2. The van der Waals surface area contributed by atoms with Gasteiger partial charge in [-0.15, -0.1) is 0 Å². The average molecular weight is 279 g/mol. The van der Waals surface area contributed by atoms with Gasteiger partial charge in [-0.2, -0.15) is 0 Å². The largest absolute Gasteiger partial charge is 0.481 e. The molecule has 0 aromatic rings. The lowest BCUT2D eigenvalue weighted by atomic mass is 9.81. The summed E-state index contributed by atoms with van der Waals surface area (Å²) in [5, 5.41) is 9.08. The molecule has 0 saturated carbocycles. The number of carboxylic acids is 1. The van der Waals surface area contributed by atoms with Gasteiger partial charge in [0.2, 0.25) is 10.0 Å². The number of carbonyl (C=O) groups is 1. The Hall–Kier alpha value is -0.660. The van der Waals surface area contributed by atoms with E-state index in [2.05, 4.69) is 0 Å². The standard InChI is InChI=1S/C11H21NO5S/c1-11(10(13)14)4-6-12(7-5-11)18(15,16)9-3-8-17-2/h3-9H2,1-2H3,(H,13,14). The van der Waals surface area contributed by atoms with E-state index in [-0.39, 0.29) is 18.8 Å². The van der Waals surface area contributed by atoms with Crippen molar-refractivity contribution in [2.75, 3.05) is 32.6 Å². The van der Waals surface area contributed by atoms with E-state index in [4.69, 9.17) is 9.84 Å². The molecular weight excluding hydrogens is 258 g/mol. The Bertz CT molecular complexity index is 384. The summed E-state index contributed by atoms with van der Waals surface area (Å²) in [7, 11) is -1.74. The van der Waals surface area contributed by atoms with Gasteiger partial charge in [-0.05, 0) is 26.2 Å². The quantitative estimate of drug-likeness (QED) is 0.717. The third kappa shape index (κ3) is 3.66. The summed E-state index contributed by atoms with van der Waals surface area (Å²) in [6, 6.07) is 0. The number of nitrogens with zero attached hydrogens (tertiary/aromatic N) is 1. The fourth-order valence-electron chi connectivity index (χ4n) is 1.99. The Balaban J connectivity index is 2.54. The van der Waals surface area contributed by atoms with Gasteiger partial charge in [0, 0.05) is 26.8 Å². The molecule has 0 spiro atoms. The molecule has 0 bridgehead atoms. The van der Waals surface area contributed by atoms with Crippen molar-refractivity contribution in [3.05, 3.63) is 0 Å². The minimum absolute atomic E-state index is 0.0601. The Labute approximate surface area is 108 Å². The van der Waals surface area contributed by atoms with Crippen LogP contribution < -0.4 is 0 Å². The van der Waals surface area contributed by atoms with Crippen molar-refractivity contribution in [3.63, 3.8) is 0 Å². The zero-order chi connectivity index (χ0) is 13.8. The lowest BCUT2D eigenvalue weighted by molar-refractivity contribution is -0.150. The number of piperidine rings is 1. The van der Waals surface area contributed by atoms with Crippen LogP contribution in [0.1, 0.15) is 26.2 Å². The highest BCUT2D eigenvalue weighted by Crippen LogP contribution is 2.32. The number of hydrogen-bond donors (Lipinski definition) is 1. The molecule has 1 rings (SSSR count). The van der Waals surface area contributed by atoms with Crippen molar-refractivity contribution in [2.24, 2.45) is 5.41 Å². The van der Waals surface area contributed by atoms with E-state index in [1.165, 1.54) is 11.4 Å². The first kappa shape index (κ1) is 15.4. The average Bonchev–Trinajstić information content (AvgIpc) is 2.29. The molecule has 0 radical (unpaired) electrons. The summed E-state index contributed by atoms with van der Waals surface area (Å²) in [4.78, 5) is 11.1. The van der Waals surface area contributed by atoms with Gasteiger partial charge in [-0.1, -0.05) is 0 Å². The Morgan fingerprint density at radius 1 is 1.39 bits per heavy atom. The third-order valence-electron chi connectivity index (χ3n) is 3.49. The first-order valence-electron chi connectivity index (χ1n) is 6.02. The normalized spacial score (nSPS) is 20.8. The number of aliphatic carboxylic acids is 1. The summed E-state index contributed by atoms with van der Waals surface area (Å²) in [5.74, 6) is -0.788. The molecule has 0 unspecified atom stereocenters. The molecule has 1 N–H and O–H groups in total. The van der Waals surface area contributed by atoms with Crippen LogP contribution in [-0.4, -0.2) is 56.4 Å². The first-order chi connectivity index (χ1) is 8.32. The third-order valence-corrected chi connectivity index (χ3v) is 5.44. The van der Waals surface area contributed by atoms with Crippen molar-refractivity contribution < 1.29 is 23.1 Å². The molecule has 0 atom stereocenters. The van der Waals surface area contributed by atoms with Gasteiger partial charge in [0.1, 0.15) is 0 Å². The van der Waals surface area contributed by atoms with Crippen molar-refractivity contribution in [2.45, 2.75) is 26.2 Å². The first-order valence-corrected chi connectivity index (χ1v) is 7.63. The van der Waals surface area contributed by atoms with Crippen molar-refractivity contribution in [3.8, 4) is 0 Å². The van der Waals surface area contributed by atoms with Gasteiger partial charge in [0.15, 0.2) is 0 Å². The maximum atomic E-state index is 12.0. The molecule has 18 heavy (non-hydrogen) atoms. The summed E-state index contributed by atoms with van der Waals surface area (Å²) in [5.41, 5.74) is -0.793. The van der Waals surface area contributed by atoms with Crippen LogP contribution >= 0.6 is 0 Å². The van der Waals surface area contributed by atoms with Crippen LogP contribution in [0, 0.1) is 5.41 Å². The van der Waals surface area contributed by atoms with Crippen molar-refractivity contribution >= 4 is 16.0 Å². The smallest absolute Gasteiger partial charge is 0.309 e. The Morgan fingerprint density at radius 3 is 2.39 bits per heavy atom. The van der Waals surface area contributed by atoms with E-state index in [9.17, 15) is 13.2 Å². The molecule has 1 heterocycles. The predicted octanol–water partition coefficient (Wildman–Crippen LogP) is 0.539. The molecule has 0 aliphatic carbocycles. The minimum Gasteiger partial charge on any atom is -0.481 e. The molecule has 1 aliphatic heterocycles. The molecule has 1 fully saturated rings. The fourth-order valence-corrected chi connectivity index (χ4v) is 3.47. The second-order valence-corrected chi connectivity index (χ2v) is 7.02. The van der Waals surface area contributed by atoms with Crippen LogP contribution in [0.5, 0.6) is 0 Å². The minimum atomic E-state index is -3.27. The topological polar surface area (TPSA) is 83.9 Å².